The van der Waals surface area contributed by atoms with Crippen molar-refractivity contribution in [2.45, 2.75) is 24.7 Å². The lowest BCUT2D eigenvalue weighted by Gasteiger charge is -2.38. The van der Waals surface area contributed by atoms with E-state index in [2.05, 4.69) is 5.32 Å². The zero-order valence-corrected chi connectivity index (χ0v) is 13.6. The Balaban J connectivity index is 2.96. The summed E-state index contributed by atoms with van der Waals surface area (Å²) in [4.78, 5) is 0. The van der Waals surface area contributed by atoms with Gasteiger partial charge in [0.2, 0.25) is 5.41 Å². The van der Waals surface area contributed by atoms with Crippen molar-refractivity contribution in [3.63, 3.8) is 0 Å². The lowest BCUT2D eigenvalue weighted by atomic mass is 9.72. The predicted octanol–water partition coefficient (Wildman–Crippen LogP) is 4.86. The number of hydrogen-bond acceptors (Lipinski definition) is 3. The zero-order valence-electron chi connectivity index (χ0n) is 13.6. The largest absolute Gasteiger partial charge is 0.508 e. The Labute approximate surface area is 144 Å². The van der Waals surface area contributed by atoms with E-state index < -0.39 is 40.4 Å². The summed E-state index contributed by atoms with van der Waals surface area (Å²) in [6.45, 7) is 1.20. The van der Waals surface area contributed by atoms with E-state index in [4.69, 9.17) is 0 Å². The number of rotatable bonds is 3. The van der Waals surface area contributed by atoms with Crippen LogP contribution in [0.3, 0.4) is 0 Å². The fourth-order valence-electron chi connectivity index (χ4n) is 2.84. The molecule has 2 aromatic carbocycles. The lowest BCUT2D eigenvalue weighted by molar-refractivity contribution is -0.288. The molecule has 0 aliphatic rings. The molecule has 0 spiro atoms. The summed E-state index contributed by atoms with van der Waals surface area (Å²) in [7, 11) is 1.26. The Hall–Kier alpha value is -2.58. The van der Waals surface area contributed by atoms with E-state index in [1.54, 1.807) is 0 Å². The number of hydrogen-bond donors (Lipinski definition) is 3. The van der Waals surface area contributed by atoms with Gasteiger partial charge in [0.25, 0.3) is 0 Å². The van der Waals surface area contributed by atoms with E-state index in [1.807, 2.05) is 0 Å². The number of phenols is 2. The van der Waals surface area contributed by atoms with E-state index >= 15 is 0 Å². The topological polar surface area (TPSA) is 52.5 Å². The molecule has 0 bridgehead atoms. The second-order valence-corrected chi connectivity index (χ2v) is 5.73. The van der Waals surface area contributed by atoms with Crippen LogP contribution in [0.15, 0.2) is 36.4 Å². The first-order valence-corrected chi connectivity index (χ1v) is 7.31. The van der Waals surface area contributed by atoms with Gasteiger partial charge in [-0.1, -0.05) is 18.2 Å². The van der Waals surface area contributed by atoms with E-state index in [0.717, 1.165) is 12.1 Å². The van der Waals surface area contributed by atoms with Crippen LogP contribution in [-0.2, 0) is 5.41 Å². The van der Waals surface area contributed by atoms with Gasteiger partial charge in [-0.3, -0.25) is 0 Å². The maximum Gasteiger partial charge on any atom is 0.411 e. The Morgan fingerprint density at radius 1 is 0.769 bits per heavy atom. The fraction of sp³-hybridized carbons (Fsp3) is 0.294. The molecule has 2 rings (SSSR count). The summed E-state index contributed by atoms with van der Waals surface area (Å²) in [6.07, 6.45) is -11.5. The number of benzene rings is 2. The number of phenolic OH excluding ortho intramolecular Hbond substituents is 2. The number of alkyl halides is 6. The molecule has 0 saturated heterocycles. The normalized spacial score (nSPS) is 12.9. The van der Waals surface area contributed by atoms with Gasteiger partial charge < -0.3 is 15.5 Å². The summed E-state index contributed by atoms with van der Waals surface area (Å²) in [5, 5.41) is 21.5. The molecule has 3 N–H and O–H groups in total. The van der Waals surface area contributed by atoms with E-state index in [1.165, 1.54) is 14.0 Å². The molecule has 0 saturated carbocycles. The quantitative estimate of drug-likeness (QED) is 0.527. The summed E-state index contributed by atoms with van der Waals surface area (Å²) < 4.78 is 83.7. The van der Waals surface area contributed by atoms with Gasteiger partial charge in [-0.05, 0) is 41.8 Å². The molecule has 0 aromatic heterocycles. The van der Waals surface area contributed by atoms with Crippen molar-refractivity contribution in [2.75, 3.05) is 12.4 Å². The number of aromatic hydroxyl groups is 2. The Morgan fingerprint density at radius 2 is 1.23 bits per heavy atom. The minimum atomic E-state index is -5.74. The van der Waals surface area contributed by atoms with Crippen LogP contribution < -0.4 is 5.32 Å². The zero-order chi connectivity index (χ0) is 19.9. The van der Waals surface area contributed by atoms with Crippen molar-refractivity contribution >= 4 is 5.69 Å². The Kier molecular flexibility index (Phi) is 4.78. The predicted molar refractivity (Wildman–Crippen MR) is 83.4 cm³/mol. The smallest absolute Gasteiger partial charge is 0.411 e. The summed E-state index contributed by atoms with van der Waals surface area (Å²) >= 11 is 0. The molecule has 9 heteroatoms. The molecule has 0 aliphatic heterocycles. The molecule has 0 heterocycles. The molecule has 0 radical (unpaired) electrons. The van der Waals surface area contributed by atoms with Crippen molar-refractivity contribution in [1.82, 2.24) is 0 Å². The Morgan fingerprint density at radius 3 is 1.65 bits per heavy atom. The standard InChI is InChI=1S/C17H15F6NO2/c1-9-7-10(3-5-13(9)25)15(16(18,19)20,17(21,22)23)11-4-6-14(26)12(8-11)24-2/h3-8,24-26H,1-2H3. The highest BCUT2D eigenvalue weighted by atomic mass is 19.4. The molecule has 26 heavy (non-hydrogen) atoms. The van der Waals surface area contributed by atoms with Gasteiger partial charge in [0.05, 0.1) is 5.69 Å². The summed E-state index contributed by atoms with van der Waals surface area (Å²) in [6, 6.07) is 3.99. The van der Waals surface area contributed by atoms with Crippen LogP contribution in [0, 0.1) is 6.92 Å². The van der Waals surface area contributed by atoms with Crippen LogP contribution >= 0.6 is 0 Å². The first-order chi connectivity index (χ1) is 11.9. The molecule has 3 nitrogen and oxygen atoms in total. The average Bonchev–Trinajstić information content (AvgIpc) is 2.50. The molecule has 0 aliphatic carbocycles. The van der Waals surface area contributed by atoms with E-state index in [9.17, 15) is 36.6 Å². The van der Waals surface area contributed by atoms with Gasteiger partial charge in [-0.15, -0.1) is 0 Å². The maximum atomic E-state index is 13.9. The van der Waals surface area contributed by atoms with Crippen molar-refractivity contribution in [2.24, 2.45) is 0 Å². The second-order valence-electron chi connectivity index (χ2n) is 5.73. The number of halogens is 6. The molecule has 0 unspecified atom stereocenters. The van der Waals surface area contributed by atoms with Gasteiger partial charge in [0.15, 0.2) is 0 Å². The van der Waals surface area contributed by atoms with Crippen molar-refractivity contribution in [3.8, 4) is 11.5 Å². The number of nitrogens with one attached hydrogen (secondary N) is 1. The third-order valence-corrected chi connectivity index (χ3v) is 4.18. The minimum Gasteiger partial charge on any atom is -0.508 e. The fourth-order valence-corrected chi connectivity index (χ4v) is 2.84. The molecular weight excluding hydrogens is 364 g/mol. The third-order valence-electron chi connectivity index (χ3n) is 4.18. The van der Waals surface area contributed by atoms with Crippen LogP contribution in [0.2, 0.25) is 0 Å². The SMILES string of the molecule is CNc1cc(C(c2ccc(O)c(C)c2)(C(F)(F)F)C(F)(F)F)ccc1O. The number of aryl methyl sites for hydroxylation is 1. The minimum absolute atomic E-state index is 0.131. The van der Waals surface area contributed by atoms with Gasteiger partial charge in [-0.25, -0.2) is 0 Å². The molecule has 0 amide bonds. The first-order valence-electron chi connectivity index (χ1n) is 7.31. The van der Waals surface area contributed by atoms with Gasteiger partial charge >= 0.3 is 12.4 Å². The molecule has 0 fully saturated rings. The second kappa shape index (κ2) is 6.30. The van der Waals surface area contributed by atoms with Crippen LogP contribution in [0.1, 0.15) is 16.7 Å². The van der Waals surface area contributed by atoms with Crippen molar-refractivity contribution in [3.05, 3.63) is 53.1 Å². The van der Waals surface area contributed by atoms with Gasteiger partial charge in [-0.2, -0.15) is 26.3 Å². The summed E-state index contributed by atoms with van der Waals surface area (Å²) in [5.41, 5.74) is -6.94. The van der Waals surface area contributed by atoms with E-state index in [-0.39, 0.29) is 11.3 Å². The van der Waals surface area contributed by atoms with Crippen LogP contribution in [0.5, 0.6) is 11.5 Å². The third kappa shape index (κ3) is 2.91. The molecule has 142 valence electrons. The number of anilines is 1. The highest BCUT2D eigenvalue weighted by Gasteiger charge is 2.72. The summed E-state index contributed by atoms with van der Waals surface area (Å²) in [5.74, 6) is -0.912. The monoisotopic (exact) mass is 379 g/mol. The Bertz CT molecular complexity index is 800. The maximum absolute atomic E-state index is 13.9. The lowest BCUT2D eigenvalue weighted by Crippen LogP contribution is -2.54. The average molecular weight is 379 g/mol. The van der Waals surface area contributed by atoms with E-state index in [0.29, 0.717) is 24.3 Å². The van der Waals surface area contributed by atoms with Crippen molar-refractivity contribution < 1.29 is 36.6 Å². The molecule has 2 aromatic rings. The van der Waals surface area contributed by atoms with Crippen LogP contribution in [-0.4, -0.2) is 29.6 Å². The van der Waals surface area contributed by atoms with Crippen LogP contribution in [0.4, 0.5) is 32.0 Å². The first kappa shape index (κ1) is 19.7. The molecule has 0 atom stereocenters. The highest BCUT2D eigenvalue weighted by molar-refractivity contribution is 5.60. The highest BCUT2D eigenvalue weighted by Crippen LogP contribution is 2.57. The van der Waals surface area contributed by atoms with Gasteiger partial charge in [0, 0.05) is 7.05 Å². The van der Waals surface area contributed by atoms with Crippen molar-refractivity contribution in [1.29, 1.82) is 0 Å². The van der Waals surface area contributed by atoms with Crippen LogP contribution in [0.25, 0.3) is 0 Å². The molecular formula is C17H15F6NO2. The van der Waals surface area contributed by atoms with Gasteiger partial charge in [0.1, 0.15) is 11.5 Å².